The highest BCUT2D eigenvalue weighted by Crippen LogP contribution is 2.35. The van der Waals surface area contributed by atoms with E-state index in [4.69, 9.17) is 9.47 Å². The number of nitrogens with one attached hydrogen (secondary N) is 3. The van der Waals surface area contributed by atoms with Crippen molar-refractivity contribution >= 4 is 35.8 Å². The molecule has 1 aliphatic heterocycles. The zero-order valence-corrected chi connectivity index (χ0v) is 20.4. The van der Waals surface area contributed by atoms with Gasteiger partial charge in [-0.05, 0) is 38.1 Å². The molecule has 3 rings (SSSR count). The number of nitrogens with zero attached hydrogens (tertiary/aromatic N) is 2. The molecule has 3 N–H and O–H groups in total. The largest absolute Gasteiger partial charge is 0.494 e. The highest BCUT2D eigenvalue weighted by Gasteiger charge is 2.21. The number of rotatable bonds is 8. The van der Waals surface area contributed by atoms with Gasteiger partial charge >= 0.3 is 0 Å². The summed E-state index contributed by atoms with van der Waals surface area (Å²) >= 11 is 0. The number of aliphatic imine (C=N–C) groups is 1. The number of guanidine groups is 1. The molecule has 2 heterocycles. The van der Waals surface area contributed by atoms with Gasteiger partial charge in [-0.1, -0.05) is 0 Å². The Balaban J connectivity index is 0.00000341. The molecule has 0 radical (unpaired) electrons. The van der Waals surface area contributed by atoms with Crippen LogP contribution in [-0.4, -0.2) is 49.7 Å². The molecule has 2 aromatic rings. The quantitative estimate of drug-likeness (QED) is 0.207. The fraction of sp³-hybridized carbons (Fsp3) is 0.409. The summed E-state index contributed by atoms with van der Waals surface area (Å²) in [5.41, 5.74) is 2.73. The summed E-state index contributed by atoms with van der Waals surface area (Å²) in [6, 6.07) is 7.58. The zero-order valence-electron chi connectivity index (χ0n) is 18.1. The molecule has 9 heteroatoms. The molecular formula is C22H30IN5O3. The fourth-order valence-corrected chi connectivity index (χ4v) is 3.27. The van der Waals surface area contributed by atoms with Crippen molar-refractivity contribution < 1.29 is 14.3 Å². The monoisotopic (exact) mass is 539 g/mol. The van der Waals surface area contributed by atoms with Crippen LogP contribution in [0.5, 0.6) is 11.5 Å². The van der Waals surface area contributed by atoms with E-state index < -0.39 is 0 Å². The third-order valence-corrected chi connectivity index (χ3v) is 4.68. The summed E-state index contributed by atoms with van der Waals surface area (Å²) in [5, 5.41) is 9.33. The fourth-order valence-electron chi connectivity index (χ4n) is 3.27. The predicted molar refractivity (Wildman–Crippen MR) is 132 cm³/mol. The Labute approximate surface area is 200 Å². The Morgan fingerprint density at radius 3 is 2.81 bits per heavy atom. The van der Waals surface area contributed by atoms with E-state index in [1.54, 1.807) is 31.6 Å². The topological polar surface area (TPSA) is 96.9 Å². The van der Waals surface area contributed by atoms with Gasteiger partial charge in [-0.25, -0.2) is 0 Å². The Morgan fingerprint density at radius 2 is 2.10 bits per heavy atom. The van der Waals surface area contributed by atoms with E-state index in [9.17, 15) is 4.79 Å². The van der Waals surface area contributed by atoms with Gasteiger partial charge in [0.2, 0.25) is 0 Å². The van der Waals surface area contributed by atoms with E-state index in [2.05, 4.69) is 38.9 Å². The van der Waals surface area contributed by atoms with E-state index >= 15 is 0 Å². The van der Waals surface area contributed by atoms with Crippen molar-refractivity contribution in [2.45, 2.75) is 32.9 Å². The second-order valence-corrected chi connectivity index (χ2v) is 6.98. The van der Waals surface area contributed by atoms with Crippen LogP contribution in [0.4, 0.5) is 0 Å². The molecule has 1 unspecified atom stereocenters. The summed E-state index contributed by atoms with van der Waals surface area (Å²) in [7, 11) is 1.71. The number of amides is 1. The number of hydrogen-bond acceptors (Lipinski definition) is 5. The van der Waals surface area contributed by atoms with Gasteiger partial charge in [0.25, 0.3) is 5.91 Å². The van der Waals surface area contributed by atoms with Gasteiger partial charge in [-0.15, -0.1) is 24.0 Å². The van der Waals surface area contributed by atoms with E-state index in [1.165, 1.54) is 5.56 Å². The minimum absolute atomic E-state index is 0. The van der Waals surface area contributed by atoms with E-state index in [0.717, 1.165) is 23.5 Å². The van der Waals surface area contributed by atoms with Crippen LogP contribution >= 0.6 is 24.0 Å². The van der Waals surface area contributed by atoms with Gasteiger partial charge in [-0.3, -0.25) is 14.8 Å². The second kappa shape index (κ2) is 12.3. The van der Waals surface area contributed by atoms with Crippen LogP contribution in [0.15, 0.2) is 41.7 Å². The third kappa shape index (κ3) is 6.98. The van der Waals surface area contributed by atoms with Gasteiger partial charge in [-0.2, -0.15) is 0 Å². The lowest BCUT2D eigenvalue weighted by molar-refractivity contribution is 0.0954. The van der Waals surface area contributed by atoms with Gasteiger partial charge in [0.05, 0.1) is 12.2 Å². The average Bonchev–Trinajstić information content (AvgIpc) is 3.12. The van der Waals surface area contributed by atoms with Crippen LogP contribution in [0.25, 0.3) is 0 Å². The number of carbonyl (C=O) groups excluding carboxylic acids is 1. The number of pyridine rings is 1. The number of carbonyl (C=O) groups is 1. The van der Waals surface area contributed by atoms with Crippen LogP contribution in [-0.2, 0) is 13.0 Å². The molecule has 1 amide bonds. The molecular weight excluding hydrogens is 509 g/mol. The summed E-state index contributed by atoms with van der Waals surface area (Å²) in [5.74, 6) is 2.27. The molecule has 0 fully saturated rings. The molecule has 0 saturated carbocycles. The Kier molecular flexibility index (Phi) is 9.83. The van der Waals surface area contributed by atoms with Crippen molar-refractivity contribution in [2.75, 3.05) is 26.7 Å². The predicted octanol–water partition coefficient (Wildman–Crippen LogP) is 2.52. The first kappa shape index (κ1) is 24.7. The Hall–Kier alpha value is -2.56. The lowest BCUT2D eigenvalue weighted by Crippen LogP contribution is -2.41. The first-order valence-electron chi connectivity index (χ1n) is 10.2. The van der Waals surface area contributed by atoms with Crippen molar-refractivity contribution in [3.05, 3.63) is 53.3 Å². The van der Waals surface area contributed by atoms with E-state index in [-0.39, 0.29) is 36.0 Å². The van der Waals surface area contributed by atoms with Crippen molar-refractivity contribution in [3.8, 4) is 11.5 Å². The number of ether oxygens (including phenoxy) is 2. The maximum atomic E-state index is 12.0. The van der Waals surface area contributed by atoms with Crippen molar-refractivity contribution in [1.29, 1.82) is 0 Å². The molecule has 168 valence electrons. The Bertz CT molecular complexity index is 892. The number of hydrogen-bond donors (Lipinski definition) is 3. The first-order chi connectivity index (χ1) is 14.6. The van der Waals surface area contributed by atoms with Gasteiger partial charge in [0.15, 0.2) is 5.96 Å². The Morgan fingerprint density at radius 1 is 1.29 bits per heavy atom. The molecule has 0 aliphatic carbocycles. The first-order valence-corrected chi connectivity index (χ1v) is 10.2. The summed E-state index contributed by atoms with van der Waals surface area (Å²) < 4.78 is 11.7. The molecule has 1 atom stereocenters. The zero-order chi connectivity index (χ0) is 21.3. The van der Waals surface area contributed by atoms with Crippen LogP contribution < -0.4 is 25.4 Å². The number of benzene rings is 1. The molecule has 1 aromatic heterocycles. The molecule has 0 saturated heterocycles. The van der Waals surface area contributed by atoms with Crippen LogP contribution in [0, 0.1) is 0 Å². The normalized spacial score (nSPS) is 14.7. The van der Waals surface area contributed by atoms with Crippen LogP contribution in [0.1, 0.15) is 35.3 Å². The average molecular weight is 539 g/mol. The molecule has 31 heavy (non-hydrogen) atoms. The lowest BCUT2D eigenvalue weighted by Gasteiger charge is -2.16. The smallest absolute Gasteiger partial charge is 0.252 e. The molecule has 1 aromatic carbocycles. The summed E-state index contributed by atoms with van der Waals surface area (Å²) in [4.78, 5) is 20.2. The SMILES string of the molecule is CCOc1cc2c(cc1CNC(=NC)NCCNC(=O)c1cccnc1)OC(C)C2.I. The van der Waals surface area contributed by atoms with E-state index in [0.29, 0.717) is 37.8 Å². The number of fused-ring (bicyclic) bond motifs is 1. The summed E-state index contributed by atoms with van der Waals surface area (Å²) in [6.45, 7) is 6.19. The highest BCUT2D eigenvalue weighted by molar-refractivity contribution is 14.0. The van der Waals surface area contributed by atoms with Crippen LogP contribution in [0.2, 0.25) is 0 Å². The maximum absolute atomic E-state index is 12.0. The summed E-state index contributed by atoms with van der Waals surface area (Å²) in [6.07, 6.45) is 4.27. The lowest BCUT2D eigenvalue weighted by atomic mass is 10.1. The number of aromatic nitrogens is 1. The van der Waals surface area contributed by atoms with Crippen molar-refractivity contribution in [3.63, 3.8) is 0 Å². The maximum Gasteiger partial charge on any atom is 0.252 e. The molecule has 0 bridgehead atoms. The third-order valence-electron chi connectivity index (χ3n) is 4.68. The molecule has 8 nitrogen and oxygen atoms in total. The van der Waals surface area contributed by atoms with Gasteiger partial charge in [0, 0.05) is 56.6 Å². The van der Waals surface area contributed by atoms with E-state index in [1.807, 2.05) is 13.0 Å². The molecule has 0 spiro atoms. The minimum atomic E-state index is -0.151. The second-order valence-electron chi connectivity index (χ2n) is 6.98. The van der Waals surface area contributed by atoms with Gasteiger partial charge in [0.1, 0.15) is 17.6 Å². The molecule has 1 aliphatic rings. The van der Waals surface area contributed by atoms with Crippen LogP contribution in [0.3, 0.4) is 0 Å². The van der Waals surface area contributed by atoms with Crippen molar-refractivity contribution in [1.82, 2.24) is 20.9 Å². The highest BCUT2D eigenvalue weighted by atomic mass is 127. The number of halogens is 1. The van der Waals surface area contributed by atoms with Gasteiger partial charge < -0.3 is 25.4 Å². The van der Waals surface area contributed by atoms with Crippen molar-refractivity contribution in [2.24, 2.45) is 4.99 Å². The standard InChI is InChI=1S/C22H29N5O3.HI/c1-4-29-19-11-17-10-15(2)30-20(17)12-18(19)14-27-22(23-3)26-9-8-25-21(28)16-6-5-7-24-13-16;/h5-7,11-13,15H,4,8-10,14H2,1-3H3,(H,25,28)(H2,23,26,27);1H. The minimum Gasteiger partial charge on any atom is -0.494 e.